The number of halogens is 3. The first-order valence-electron chi connectivity index (χ1n) is 13.5. The third-order valence-electron chi connectivity index (χ3n) is 7.23. The zero-order valence-corrected chi connectivity index (χ0v) is 26.7. The second kappa shape index (κ2) is 14.2. The van der Waals surface area contributed by atoms with Crippen molar-refractivity contribution in [3.63, 3.8) is 0 Å². The van der Waals surface area contributed by atoms with Gasteiger partial charge in [0.1, 0.15) is 29.8 Å². The summed E-state index contributed by atoms with van der Waals surface area (Å²) in [6.07, 6.45) is -12.4. The van der Waals surface area contributed by atoms with Crippen LogP contribution in [-0.2, 0) is 39.3 Å². The van der Waals surface area contributed by atoms with Gasteiger partial charge in [-0.1, -0.05) is 51.1 Å². The van der Waals surface area contributed by atoms with E-state index in [1.165, 1.54) is 19.2 Å². The molecule has 0 aromatic heterocycles. The third kappa shape index (κ3) is 10.4. The molecule has 1 aliphatic heterocycles. The minimum absolute atomic E-state index is 0.100. The number of benzene rings is 2. The average molecular weight is 653 g/mol. The predicted octanol–water partition coefficient (Wildman–Crippen LogP) is 4.98. The molecule has 3 rings (SSSR count). The average Bonchev–Trinajstić information content (AvgIpc) is 2.92. The molecule has 242 valence electrons. The van der Waals surface area contributed by atoms with Crippen LogP contribution >= 0.6 is 0 Å². The van der Waals surface area contributed by atoms with E-state index in [-0.39, 0.29) is 24.0 Å². The highest BCUT2D eigenvalue weighted by atomic mass is 32.3. The first-order valence-corrected chi connectivity index (χ1v) is 17.7. The smallest absolute Gasteiger partial charge is 0.413 e. The van der Waals surface area contributed by atoms with Crippen molar-refractivity contribution in [1.82, 2.24) is 0 Å². The van der Waals surface area contributed by atoms with Gasteiger partial charge in [0.15, 0.2) is 21.0 Å². The monoisotopic (exact) mass is 652 g/mol. The van der Waals surface area contributed by atoms with Crippen molar-refractivity contribution in [2.75, 3.05) is 20.3 Å². The van der Waals surface area contributed by atoms with Gasteiger partial charge in [0.25, 0.3) is 0 Å². The maximum absolute atomic E-state index is 12.8. The van der Waals surface area contributed by atoms with Gasteiger partial charge in [0.2, 0.25) is 6.29 Å². The molecule has 1 fully saturated rings. The number of alkyl halides is 3. The van der Waals surface area contributed by atoms with Crippen LogP contribution in [0.2, 0.25) is 18.1 Å². The van der Waals surface area contributed by atoms with Crippen LogP contribution in [0.15, 0.2) is 54.6 Å². The Kier molecular flexibility index (Phi) is 11.7. The zero-order valence-electron chi connectivity index (χ0n) is 24.9. The maximum Gasteiger partial charge on any atom is 0.413 e. The topological polar surface area (TPSA) is 119 Å². The number of rotatable bonds is 13. The predicted molar refractivity (Wildman–Crippen MR) is 152 cm³/mol. The second-order valence-corrected chi connectivity index (χ2v) is 17.6. The number of ether oxygens (including phenoxy) is 4. The van der Waals surface area contributed by atoms with Gasteiger partial charge in [-0.05, 0) is 48.0 Å². The van der Waals surface area contributed by atoms with Crippen molar-refractivity contribution < 1.29 is 58.4 Å². The minimum Gasteiger partial charge on any atom is -0.497 e. The van der Waals surface area contributed by atoms with Crippen LogP contribution in [0.3, 0.4) is 0 Å². The van der Waals surface area contributed by atoms with Crippen LogP contribution in [0, 0.1) is 0 Å². The summed E-state index contributed by atoms with van der Waals surface area (Å²) in [5.41, 5.74) is 0.679. The molecular weight excluding hydrogens is 613 g/mol. The van der Waals surface area contributed by atoms with Gasteiger partial charge in [-0.3, -0.25) is 0 Å². The third-order valence-corrected chi connectivity index (χ3v) is 12.6. The molecule has 2 aromatic carbocycles. The Morgan fingerprint density at radius 3 is 2.12 bits per heavy atom. The Hall–Kier alpha value is -2.24. The highest BCUT2D eigenvalue weighted by Crippen LogP contribution is 2.38. The van der Waals surface area contributed by atoms with Gasteiger partial charge in [-0.15, -0.1) is 0 Å². The number of aliphatic hydroxyl groups excluding tert-OH is 1. The van der Waals surface area contributed by atoms with E-state index in [0.29, 0.717) is 11.3 Å². The molecule has 0 radical (unpaired) electrons. The molecule has 10 nitrogen and oxygen atoms in total. The van der Waals surface area contributed by atoms with E-state index < -0.39 is 62.2 Å². The molecule has 0 bridgehead atoms. The quantitative estimate of drug-likeness (QED) is 0.297. The van der Waals surface area contributed by atoms with Gasteiger partial charge in [0, 0.05) is 0 Å². The first-order chi connectivity index (χ1) is 19.9. The number of hydrogen-bond acceptors (Lipinski definition) is 10. The summed E-state index contributed by atoms with van der Waals surface area (Å²) in [7, 11) is -6.15. The lowest BCUT2D eigenvalue weighted by Crippen LogP contribution is -2.63. The number of aliphatic hydroxyl groups is 1. The summed E-state index contributed by atoms with van der Waals surface area (Å²) < 4.78 is 102. The van der Waals surface area contributed by atoms with E-state index >= 15 is 0 Å². The molecule has 1 saturated heterocycles. The molecule has 1 heterocycles. The lowest BCUT2D eigenvalue weighted by Gasteiger charge is -2.45. The Labute approximate surface area is 251 Å². The fourth-order valence-corrected chi connectivity index (χ4v) is 5.60. The Bertz CT molecular complexity index is 1250. The summed E-state index contributed by atoms with van der Waals surface area (Å²) >= 11 is 0. The van der Waals surface area contributed by atoms with Crippen LogP contribution in [0.25, 0.3) is 0 Å². The molecule has 15 heteroatoms. The highest BCUT2D eigenvalue weighted by Gasteiger charge is 2.51. The zero-order chi connectivity index (χ0) is 32.1. The molecule has 2 aromatic rings. The van der Waals surface area contributed by atoms with Crippen molar-refractivity contribution in [3.05, 3.63) is 60.2 Å². The van der Waals surface area contributed by atoms with E-state index in [4.69, 9.17) is 27.6 Å². The molecule has 43 heavy (non-hydrogen) atoms. The molecule has 1 N–H and O–H groups in total. The van der Waals surface area contributed by atoms with Crippen molar-refractivity contribution in [3.8, 4) is 11.5 Å². The van der Waals surface area contributed by atoms with E-state index in [9.17, 15) is 26.7 Å². The Morgan fingerprint density at radius 1 is 0.953 bits per heavy atom. The highest BCUT2D eigenvalue weighted by molar-refractivity contribution is 7.81. The van der Waals surface area contributed by atoms with Crippen molar-refractivity contribution in [2.45, 2.75) is 82.4 Å². The lowest BCUT2D eigenvalue weighted by molar-refractivity contribution is -0.281. The van der Waals surface area contributed by atoms with Crippen LogP contribution in [0.5, 0.6) is 11.5 Å². The fourth-order valence-electron chi connectivity index (χ4n) is 3.78. The summed E-state index contributed by atoms with van der Waals surface area (Å²) in [5.74, 6) is 0.697. The van der Waals surface area contributed by atoms with Crippen LogP contribution in [-0.4, -0.2) is 79.0 Å². The van der Waals surface area contributed by atoms with Gasteiger partial charge >= 0.3 is 16.6 Å². The molecule has 1 aliphatic rings. The summed E-state index contributed by atoms with van der Waals surface area (Å²) in [6, 6.07) is 15.0. The van der Waals surface area contributed by atoms with Crippen molar-refractivity contribution in [2.24, 2.45) is 0 Å². The van der Waals surface area contributed by atoms with E-state index in [2.05, 4.69) is 4.18 Å². The van der Waals surface area contributed by atoms with Gasteiger partial charge in [-0.2, -0.15) is 21.6 Å². The molecule has 0 amide bonds. The standard InChI is InChI=1S/C28H39F3O10SSi/c1-27(2,3)43(5,6)38-17-22-23(32)24(36-16-19-10-8-7-9-11-19)25(41-42(33,34)37-18-28(29,30)31)26(40-22)39-21-14-12-20(35-4)13-15-21/h7-15,22-26,32H,16-18H2,1-6H3/t22-,23-,24+,25-,26-/m1/s1. The summed E-state index contributed by atoms with van der Waals surface area (Å²) in [5, 5.41) is 11.2. The lowest BCUT2D eigenvalue weighted by atomic mass is 9.99. The molecule has 0 aliphatic carbocycles. The molecule has 0 saturated carbocycles. The maximum atomic E-state index is 12.8. The normalized spacial score (nSPS) is 23.6. The second-order valence-electron chi connectivity index (χ2n) is 11.5. The van der Waals surface area contributed by atoms with Gasteiger partial charge in [-0.25, -0.2) is 8.37 Å². The summed E-state index contributed by atoms with van der Waals surface area (Å²) in [6.45, 7) is 7.80. The number of hydrogen-bond donors (Lipinski definition) is 1. The SMILES string of the molecule is COc1ccc(O[C@@H]2O[C@H](CO[Si](C)(C)C(C)(C)C)[C@@H](O)[C@H](OCc3ccccc3)[C@H]2OS(=O)(=O)OCC(F)(F)F)cc1. The van der Waals surface area contributed by atoms with Crippen molar-refractivity contribution in [1.29, 1.82) is 0 Å². The minimum atomic E-state index is -5.28. The summed E-state index contributed by atoms with van der Waals surface area (Å²) in [4.78, 5) is 0. The van der Waals surface area contributed by atoms with Gasteiger partial charge in [0.05, 0.1) is 20.3 Å². The van der Waals surface area contributed by atoms with E-state index in [1.807, 2.05) is 33.9 Å². The van der Waals surface area contributed by atoms with Crippen LogP contribution in [0.1, 0.15) is 26.3 Å². The van der Waals surface area contributed by atoms with Crippen LogP contribution < -0.4 is 9.47 Å². The van der Waals surface area contributed by atoms with E-state index in [0.717, 1.165) is 0 Å². The molecule has 0 spiro atoms. The Morgan fingerprint density at radius 2 is 1.56 bits per heavy atom. The Balaban J connectivity index is 1.97. The van der Waals surface area contributed by atoms with Gasteiger partial charge < -0.3 is 28.5 Å². The molecule has 0 unspecified atom stereocenters. The van der Waals surface area contributed by atoms with E-state index in [1.54, 1.807) is 42.5 Å². The van der Waals surface area contributed by atoms with Crippen molar-refractivity contribution >= 4 is 18.7 Å². The molecule has 5 atom stereocenters. The first kappa shape index (κ1) is 35.2. The largest absolute Gasteiger partial charge is 0.497 e. The number of methoxy groups -OCH3 is 1. The van der Waals surface area contributed by atoms with Crippen LogP contribution in [0.4, 0.5) is 13.2 Å². The molecular formula is C28H39F3O10SSi. The fraction of sp³-hybridized carbons (Fsp3) is 0.571.